The van der Waals surface area contributed by atoms with Gasteiger partial charge in [0.25, 0.3) is 0 Å². The van der Waals surface area contributed by atoms with Crippen molar-refractivity contribution in [1.29, 1.82) is 0 Å². The zero-order valence-electron chi connectivity index (χ0n) is 15.6. The topological polar surface area (TPSA) is 90.5 Å². The first-order chi connectivity index (χ1) is 13.5. The van der Waals surface area contributed by atoms with Gasteiger partial charge in [-0.2, -0.15) is 0 Å². The van der Waals surface area contributed by atoms with Crippen molar-refractivity contribution in [2.45, 2.75) is 19.5 Å². The van der Waals surface area contributed by atoms with Crippen LogP contribution in [0.2, 0.25) is 5.02 Å². The van der Waals surface area contributed by atoms with Gasteiger partial charge in [-0.15, -0.1) is 0 Å². The third-order valence-corrected chi connectivity index (χ3v) is 4.77. The summed E-state index contributed by atoms with van der Waals surface area (Å²) in [6.45, 7) is 4.44. The number of urea groups is 1. The number of anilines is 1. The van der Waals surface area contributed by atoms with Crippen LogP contribution in [0.1, 0.15) is 12.5 Å². The van der Waals surface area contributed by atoms with Crippen molar-refractivity contribution in [2.75, 3.05) is 31.1 Å². The quantitative estimate of drug-likeness (QED) is 0.793. The number of halogens is 1. The molecule has 2 aromatic rings. The molecule has 0 radical (unpaired) electrons. The first-order valence-electron chi connectivity index (χ1n) is 9.12. The van der Waals surface area contributed by atoms with E-state index >= 15 is 0 Å². The molecule has 0 spiro atoms. The molecule has 1 aliphatic rings. The summed E-state index contributed by atoms with van der Waals surface area (Å²) in [6.07, 6.45) is 3.40. The van der Waals surface area contributed by atoms with Gasteiger partial charge >= 0.3 is 6.03 Å². The SMILES string of the molecule is C[C@@H](NC(=O)N1CCN(c2ncccn2)CC1)C(=O)NCc1ccc(Cl)cc1. The smallest absolute Gasteiger partial charge is 0.318 e. The van der Waals surface area contributed by atoms with Gasteiger partial charge in [0.2, 0.25) is 11.9 Å². The van der Waals surface area contributed by atoms with Gasteiger partial charge in [0.1, 0.15) is 6.04 Å². The van der Waals surface area contributed by atoms with Crippen molar-refractivity contribution in [2.24, 2.45) is 0 Å². The molecular weight excluding hydrogens is 380 g/mol. The predicted octanol–water partition coefficient (Wildman–Crippen LogP) is 1.67. The van der Waals surface area contributed by atoms with Crippen molar-refractivity contribution >= 4 is 29.5 Å². The summed E-state index contributed by atoms with van der Waals surface area (Å²) in [5.41, 5.74) is 0.940. The average Bonchev–Trinajstić information content (AvgIpc) is 2.73. The van der Waals surface area contributed by atoms with E-state index in [1.807, 2.05) is 17.0 Å². The molecule has 3 amide bonds. The molecule has 3 rings (SSSR count). The van der Waals surface area contributed by atoms with Crippen molar-refractivity contribution in [3.63, 3.8) is 0 Å². The minimum atomic E-state index is -0.629. The number of nitrogens with zero attached hydrogens (tertiary/aromatic N) is 4. The first-order valence-corrected chi connectivity index (χ1v) is 9.50. The van der Waals surface area contributed by atoms with Crippen LogP contribution in [-0.4, -0.2) is 59.0 Å². The Morgan fingerprint density at radius 2 is 1.75 bits per heavy atom. The monoisotopic (exact) mass is 402 g/mol. The number of nitrogens with one attached hydrogen (secondary N) is 2. The number of amides is 3. The Morgan fingerprint density at radius 1 is 1.11 bits per heavy atom. The Kier molecular flexibility index (Phi) is 6.65. The molecule has 0 unspecified atom stereocenters. The molecule has 1 saturated heterocycles. The van der Waals surface area contributed by atoms with Crippen molar-refractivity contribution in [1.82, 2.24) is 25.5 Å². The van der Waals surface area contributed by atoms with Gasteiger partial charge in [0.15, 0.2) is 0 Å². The van der Waals surface area contributed by atoms with E-state index in [2.05, 4.69) is 20.6 Å². The van der Waals surface area contributed by atoms with Gasteiger partial charge < -0.3 is 20.4 Å². The minimum Gasteiger partial charge on any atom is -0.350 e. The maximum atomic E-state index is 12.4. The largest absolute Gasteiger partial charge is 0.350 e. The Morgan fingerprint density at radius 3 is 2.39 bits per heavy atom. The van der Waals surface area contributed by atoms with E-state index in [1.54, 1.807) is 42.4 Å². The lowest BCUT2D eigenvalue weighted by Gasteiger charge is -2.35. The molecule has 8 nitrogen and oxygen atoms in total. The van der Waals surface area contributed by atoms with Crippen LogP contribution in [0.3, 0.4) is 0 Å². The van der Waals surface area contributed by atoms with Crippen molar-refractivity contribution in [3.05, 3.63) is 53.3 Å². The molecule has 9 heteroatoms. The second kappa shape index (κ2) is 9.36. The van der Waals surface area contributed by atoms with Gasteiger partial charge in [-0.3, -0.25) is 4.79 Å². The van der Waals surface area contributed by atoms with E-state index in [0.29, 0.717) is 43.7 Å². The lowest BCUT2D eigenvalue weighted by Crippen LogP contribution is -2.55. The van der Waals surface area contributed by atoms with E-state index in [1.165, 1.54) is 0 Å². The Bertz CT molecular complexity index is 794. The van der Waals surface area contributed by atoms with E-state index < -0.39 is 6.04 Å². The Hall–Kier alpha value is -2.87. The summed E-state index contributed by atoms with van der Waals surface area (Å²) in [7, 11) is 0. The number of carbonyl (C=O) groups is 2. The second-order valence-corrected chi connectivity index (χ2v) is 6.97. The summed E-state index contributed by atoms with van der Waals surface area (Å²) in [4.78, 5) is 36.9. The van der Waals surface area contributed by atoms with Gasteiger partial charge in [-0.25, -0.2) is 14.8 Å². The highest BCUT2D eigenvalue weighted by molar-refractivity contribution is 6.30. The highest BCUT2D eigenvalue weighted by Gasteiger charge is 2.24. The summed E-state index contributed by atoms with van der Waals surface area (Å²) < 4.78 is 0. The molecule has 0 aliphatic carbocycles. The van der Waals surface area contributed by atoms with Crippen LogP contribution < -0.4 is 15.5 Å². The summed E-state index contributed by atoms with van der Waals surface area (Å²) in [6, 6.07) is 8.14. The van der Waals surface area contributed by atoms with Crippen LogP contribution in [0.15, 0.2) is 42.7 Å². The third-order valence-electron chi connectivity index (χ3n) is 4.52. The van der Waals surface area contributed by atoms with Crippen LogP contribution in [0.25, 0.3) is 0 Å². The van der Waals surface area contributed by atoms with Crippen LogP contribution >= 0.6 is 11.6 Å². The molecule has 1 aromatic carbocycles. The average molecular weight is 403 g/mol. The zero-order valence-corrected chi connectivity index (χ0v) is 16.4. The number of carbonyl (C=O) groups excluding carboxylic acids is 2. The lowest BCUT2D eigenvalue weighted by molar-refractivity contribution is -0.122. The minimum absolute atomic E-state index is 0.236. The van der Waals surface area contributed by atoms with Gasteiger partial charge in [0, 0.05) is 50.1 Å². The van der Waals surface area contributed by atoms with Gasteiger partial charge in [-0.05, 0) is 30.7 Å². The van der Waals surface area contributed by atoms with Crippen molar-refractivity contribution in [3.8, 4) is 0 Å². The number of benzene rings is 1. The lowest BCUT2D eigenvalue weighted by atomic mass is 10.2. The van der Waals surface area contributed by atoms with Crippen LogP contribution in [0.5, 0.6) is 0 Å². The molecule has 1 aliphatic heterocycles. The molecule has 2 N–H and O–H groups in total. The van der Waals surface area contributed by atoms with E-state index in [4.69, 9.17) is 11.6 Å². The molecule has 0 saturated carbocycles. The van der Waals surface area contributed by atoms with Crippen LogP contribution in [0, 0.1) is 0 Å². The fourth-order valence-electron chi connectivity index (χ4n) is 2.85. The molecule has 1 atom stereocenters. The van der Waals surface area contributed by atoms with Crippen LogP contribution in [0.4, 0.5) is 10.7 Å². The fourth-order valence-corrected chi connectivity index (χ4v) is 2.98. The highest BCUT2D eigenvalue weighted by Crippen LogP contribution is 2.10. The highest BCUT2D eigenvalue weighted by atomic mass is 35.5. The number of aromatic nitrogens is 2. The molecule has 2 heterocycles. The molecule has 0 bridgehead atoms. The standard InChI is InChI=1S/C19H23ClN6O2/c1-14(17(27)23-13-15-3-5-16(20)6-4-15)24-19(28)26-11-9-25(10-12-26)18-21-7-2-8-22-18/h2-8,14H,9-13H2,1H3,(H,23,27)(H,24,28)/t14-/m1/s1. The normalized spacial score (nSPS) is 15.1. The molecule has 1 fully saturated rings. The fraction of sp³-hybridized carbons (Fsp3) is 0.368. The predicted molar refractivity (Wildman–Crippen MR) is 107 cm³/mol. The van der Waals surface area contributed by atoms with E-state index in [0.717, 1.165) is 5.56 Å². The summed E-state index contributed by atoms with van der Waals surface area (Å²) in [5, 5.41) is 6.22. The van der Waals surface area contributed by atoms with Gasteiger partial charge in [0.05, 0.1) is 0 Å². The Balaban J connectivity index is 1.42. The van der Waals surface area contributed by atoms with Gasteiger partial charge in [-0.1, -0.05) is 23.7 Å². The Labute approximate surface area is 168 Å². The summed E-state index contributed by atoms with van der Waals surface area (Å²) in [5.74, 6) is 0.428. The number of hydrogen-bond donors (Lipinski definition) is 2. The molecule has 1 aromatic heterocycles. The first kappa shape index (κ1) is 19.9. The zero-order chi connectivity index (χ0) is 19.9. The van der Waals surface area contributed by atoms with Crippen molar-refractivity contribution < 1.29 is 9.59 Å². The van der Waals surface area contributed by atoms with E-state index in [9.17, 15) is 9.59 Å². The summed E-state index contributed by atoms with van der Waals surface area (Å²) >= 11 is 5.85. The maximum absolute atomic E-state index is 12.4. The maximum Gasteiger partial charge on any atom is 0.318 e. The number of rotatable bonds is 5. The molecule has 28 heavy (non-hydrogen) atoms. The number of piperazine rings is 1. The van der Waals surface area contributed by atoms with Crippen LogP contribution in [-0.2, 0) is 11.3 Å². The molecular formula is C19H23ClN6O2. The number of hydrogen-bond acceptors (Lipinski definition) is 5. The third kappa shape index (κ3) is 5.32. The second-order valence-electron chi connectivity index (χ2n) is 6.54. The molecule has 148 valence electrons. The van der Waals surface area contributed by atoms with E-state index in [-0.39, 0.29) is 11.9 Å².